The first-order valence-electron chi connectivity index (χ1n) is 10.3. The SMILES string of the molecule is CCCOc1c2c(c(N3CCCC3)c3cc(C)oc13)C(=O)c1ccccc1C2=O. The highest BCUT2D eigenvalue weighted by Gasteiger charge is 2.39. The minimum absolute atomic E-state index is 0.112. The van der Waals surface area contributed by atoms with Crippen LogP contribution in [0, 0.1) is 6.92 Å². The molecule has 0 unspecified atom stereocenters. The van der Waals surface area contributed by atoms with Gasteiger partial charge in [-0.25, -0.2) is 0 Å². The Morgan fingerprint density at radius 3 is 2.34 bits per heavy atom. The van der Waals surface area contributed by atoms with Gasteiger partial charge in [0.25, 0.3) is 0 Å². The van der Waals surface area contributed by atoms with Crippen LogP contribution >= 0.6 is 0 Å². The molecule has 0 atom stereocenters. The Hall–Kier alpha value is -3.08. The Bertz CT molecular complexity index is 1150. The van der Waals surface area contributed by atoms with E-state index >= 15 is 0 Å². The summed E-state index contributed by atoms with van der Waals surface area (Å²) < 4.78 is 12.1. The fraction of sp³-hybridized carbons (Fsp3) is 0.333. The number of carbonyl (C=O) groups is 2. The molecule has 0 spiro atoms. The first kappa shape index (κ1) is 18.0. The average molecular weight is 389 g/mol. The van der Waals surface area contributed by atoms with E-state index in [0.29, 0.717) is 40.2 Å². The second-order valence-corrected chi connectivity index (χ2v) is 7.77. The van der Waals surface area contributed by atoms with E-state index in [1.54, 1.807) is 24.3 Å². The zero-order valence-electron chi connectivity index (χ0n) is 16.7. The van der Waals surface area contributed by atoms with E-state index in [9.17, 15) is 9.59 Å². The number of fused-ring (bicyclic) bond motifs is 3. The number of ether oxygens (including phenoxy) is 1. The van der Waals surface area contributed by atoms with Gasteiger partial charge in [0, 0.05) is 29.6 Å². The molecule has 1 aliphatic heterocycles. The Kier molecular flexibility index (Phi) is 4.19. The Morgan fingerprint density at radius 1 is 1.03 bits per heavy atom. The molecule has 5 rings (SSSR count). The Balaban J connectivity index is 1.89. The molecule has 5 heteroatoms. The van der Waals surface area contributed by atoms with E-state index < -0.39 is 0 Å². The van der Waals surface area contributed by atoms with Crippen LogP contribution in [-0.2, 0) is 0 Å². The molecular formula is C24H23NO4. The van der Waals surface area contributed by atoms with Gasteiger partial charge in [-0.3, -0.25) is 9.59 Å². The molecule has 0 bridgehead atoms. The molecule has 29 heavy (non-hydrogen) atoms. The molecule has 0 amide bonds. The van der Waals surface area contributed by atoms with Crippen LogP contribution in [0.4, 0.5) is 5.69 Å². The maximum absolute atomic E-state index is 13.6. The number of anilines is 1. The molecule has 1 saturated heterocycles. The van der Waals surface area contributed by atoms with Gasteiger partial charge < -0.3 is 14.1 Å². The van der Waals surface area contributed by atoms with E-state index in [2.05, 4.69) is 4.90 Å². The number of benzene rings is 2. The smallest absolute Gasteiger partial charge is 0.198 e. The predicted molar refractivity (Wildman–Crippen MR) is 111 cm³/mol. The van der Waals surface area contributed by atoms with Gasteiger partial charge in [-0.1, -0.05) is 31.2 Å². The monoisotopic (exact) mass is 389 g/mol. The summed E-state index contributed by atoms with van der Waals surface area (Å²) in [6.45, 7) is 6.08. The highest BCUT2D eigenvalue weighted by molar-refractivity contribution is 6.33. The third-order valence-electron chi connectivity index (χ3n) is 5.77. The number of aryl methyl sites for hydroxylation is 1. The van der Waals surface area contributed by atoms with Gasteiger partial charge in [0.2, 0.25) is 0 Å². The molecule has 2 heterocycles. The average Bonchev–Trinajstić information content (AvgIpc) is 3.38. The number of ketones is 2. The number of hydrogen-bond acceptors (Lipinski definition) is 5. The van der Waals surface area contributed by atoms with Crippen molar-refractivity contribution in [1.82, 2.24) is 0 Å². The van der Waals surface area contributed by atoms with Crippen LogP contribution in [0.3, 0.4) is 0 Å². The third-order valence-corrected chi connectivity index (χ3v) is 5.77. The molecule has 1 aliphatic carbocycles. The van der Waals surface area contributed by atoms with Crippen LogP contribution in [0.1, 0.15) is 63.8 Å². The van der Waals surface area contributed by atoms with Crippen LogP contribution in [0.5, 0.6) is 5.75 Å². The molecule has 0 N–H and O–H groups in total. The highest BCUT2D eigenvalue weighted by Crippen LogP contribution is 2.47. The summed E-state index contributed by atoms with van der Waals surface area (Å²) in [7, 11) is 0. The van der Waals surface area contributed by atoms with Crippen molar-refractivity contribution in [3.63, 3.8) is 0 Å². The molecule has 3 aromatic rings. The third kappa shape index (κ3) is 2.60. The van der Waals surface area contributed by atoms with Gasteiger partial charge in [0.05, 0.1) is 23.4 Å². The van der Waals surface area contributed by atoms with Crippen molar-refractivity contribution in [1.29, 1.82) is 0 Å². The first-order chi connectivity index (χ1) is 14.1. The number of carbonyl (C=O) groups excluding carboxylic acids is 2. The van der Waals surface area contributed by atoms with Crippen molar-refractivity contribution in [2.45, 2.75) is 33.1 Å². The van der Waals surface area contributed by atoms with Crippen molar-refractivity contribution in [2.24, 2.45) is 0 Å². The van der Waals surface area contributed by atoms with E-state index in [0.717, 1.165) is 49.2 Å². The summed E-state index contributed by atoms with van der Waals surface area (Å²) in [6.07, 6.45) is 2.93. The van der Waals surface area contributed by atoms with Crippen molar-refractivity contribution < 1.29 is 18.7 Å². The Morgan fingerprint density at radius 2 is 1.69 bits per heavy atom. The summed E-state index contributed by atoms with van der Waals surface area (Å²) in [5.74, 6) is 0.860. The summed E-state index contributed by atoms with van der Waals surface area (Å²) >= 11 is 0. The zero-order valence-corrected chi connectivity index (χ0v) is 16.7. The van der Waals surface area contributed by atoms with Gasteiger partial charge in [-0.15, -0.1) is 0 Å². The Labute approximate surface area is 169 Å². The van der Waals surface area contributed by atoms with Gasteiger partial charge in [-0.2, -0.15) is 0 Å². The summed E-state index contributed by atoms with van der Waals surface area (Å²) in [5, 5.41) is 0.856. The minimum atomic E-state index is -0.169. The maximum atomic E-state index is 13.6. The molecular weight excluding hydrogens is 366 g/mol. The summed E-state index contributed by atoms with van der Waals surface area (Å²) in [6, 6.07) is 9.01. The second-order valence-electron chi connectivity index (χ2n) is 7.77. The second kappa shape index (κ2) is 6.76. The van der Waals surface area contributed by atoms with E-state index in [4.69, 9.17) is 9.15 Å². The predicted octanol–water partition coefficient (Wildman–Crippen LogP) is 4.91. The quantitative estimate of drug-likeness (QED) is 0.497. The topological polar surface area (TPSA) is 59.8 Å². The van der Waals surface area contributed by atoms with Crippen LogP contribution in [0.15, 0.2) is 34.7 Å². The summed E-state index contributed by atoms with van der Waals surface area (Å²) in [4.78, 5) is 29.4. The maximum Gasteiger partial charge on any atom is 0.198 e. The lowest BCUT2D eigenvalue weighted by Crippen LogP contribution is -2.28. The lowest BCUT2D eigenvalue weighted by molar-refractivity contribution is 0.0976. The molecule has 1 aromatic heterocycles. The molecule has 5 nitrogen and oxygen atoms in total. The van der Waals surface area contributed by atoms with E-state index in [1.807, 2.05) is 19.9 Å². The van der Waals surface area contributed by atoms with Gasteiger partial charge in [0.1, 0.15) is 5.76 Å². The van der Waals surface area contributed by atoms with E-state index in [-0.39, 0.29) is 11.6 Å². The number of hydrogen-bond donors (Lipinski definition) is 0. The minimum Gasteiger partial charge on any atom is -0.489 e. The lowest BCUT2D eigenvalue weighted by Gasteiger charge is -2.28. The van der Waals surface area contributed by atoms with Crippen LogP contribution in [-0.4, -0.2) is 31.3 Å². The molecule has 2 aliphatic rings. The van der Waals surface area contributed by atoms with Crippen LogP contribution in [0.2, 0.25) is 0 Å². The van der Waals surface area contributed by atoms with Crippen molar-refractivity contribution in [3.8, 4) is 5.75 Å². The first-order valence-corrected chi connectivity index (χ1v) is 10.3. The fourth-order valence-electron chi connectivity index (χ4n) is 4.54. The number of rotatable bonds is 4. The molecule has 148 valence electrons. The zero-order chi connectivity index (χ0) is 20.1. The molecule has 1 fully saturated rings. The standard InChI is InChI=1S/C24H23NO4/c1-3-12-28-24-19-18(21(26)15-8-4-5-9-16(15)22(19)27)20(25-10-6-7-11-25)17-13-14(2)29-23(17)24/h4-5,8-9,13H,3,6-7,10-12H2,1-2H3. The molecule has 0 radical (unpaired) electrons. The highest BCUT2D eigenvalue weighted by atomic mass is 16.5. The van der Waals surface area contributed by atoms with Crippen LogP contribution in [0.25, 0.3) is 11.0 Å². The van der Waals surface area contributed by atoms with Gasteiger partial charge in [0.15, 0.2) is 22.9 Å². The van der Waals surface area contributed by atoms with Crippen molar-refractivity contribution in [2.75, 3.05) is 24.6 Å². The normalized spacial score (nSPS) is 15.7. The number of furan rings is 1. The van der Waals surface area contributed by atoms with Gasteiger partial charge in [-0.05, 0) is 32.3 Å². The molecule has 2 aromatic carbocycles. The van der Waals surface area contributed by atoms with Crippen LogP contribution < -0.4 is 9.64 Å². The van der Waals surface area contributed by atoms with Crippen molar-refractivity contribution in [3.05, 3.63) is 58.3 Å². The fourth-order valence-corrected chi connectivity index (χ4v) is 4.54. The summed E-state index contributed by atoms with van der Waals surface area (Å²) in [5.41, 5.74) is 3.10. The largest absolute Gasteiger partial charge is 0.489 e. The van der Waals surface area contributed by atoms with Crippen molar-refractivity contribution >= 4 is 28.2 Å². The number of nitrogens with zero attached hydrogens (tertiary/aromatic N) is 1. The lowest BCUT2D eigenvalue weighted by atomic mass is 9.81. The van der Waals surface area contributed by atoms with E-state index in [1.165, 1.54) is 0 Å². The molecule has 0 saturated carbocycles. The van der Waals surface area contributed by atoms with Gasteiger partial charge >= 0.3 is 0 Å².